The molecule has 1 unspecified atom stereocenters. The topological polar surface area (TPSA) is 80.0 Å². The van der Waals surface area contributed by atoms with Gasteiger partial charge in [-0.2, -0.15) is 0 Å². The number of amides is 1. The zero-order valence-electron chi connectivity index (χ0n) is 19.1. The van der Waals surface area contributed by atoms with Crippen molar-refractivity contribution in [2.45, 2.75) is 26.8 Å². The first-order chi connectivity index (χ1) is 16.0. The summed E-state index contributed by atoms with van der Waals surface area (Å²) >= 11 is 0. The van der Waals surface area contributed by atoms with Crippen LogP contribution in [0.15, 0.2) is 83.3 Å². The smallest absolute Gasteiger partial charge is 0.251 e. The van der Waals surface area contributed by atoms with E-state index >= 15 is 0 Å². The lowest BCUT2D eigenvalue weighted by Crippen LogP contribution is -2.39. The van der Waals surface area contributed by atoms with Gasteiger partial charge in [0.25, 0.3) is 5.91 Å². The van der Waals surface area contributed by atoms with Gasteiger partial charge in [-0.1, -0.05) is 50.2 Å². The highest BCUT2D eigenvalue weighted by Crippen LogP contribution is 2.26. The van der Waals surface area contributed by atoms with E-state index in [1.165, 1.54) is 0 Å². The molecule has 1 heterocycles. The third-order valence-electron chi connectivity index (χ3n) is 5.61. The summed E-state index contributed by atoms with van der Waals surface area (Å²) in [6.07, 6.45) is 0. The number of aryl methyl sites for hydroxylation is 1. The van der Waals surface area contributed by atoms with E-state index < -0.39 is 0 Å². The third-order valence-corrected chi connectivity index (χ3v) is 5.61. The number of nitrogens with zero attached hydrogens (tertiary/aromatic N) is 2. The predicted octanol–water partition coefficient (Wildman–Crippen LogP) is 5.58. The summed E-state index contributed by atoms with van der Waals surface area (Å²) in [5, 5.41) is 14.9. The number of hydrogen-bond acceptors (Lipinski definition) is 5. The molecule has 0 aliphatic rings. The van der Waals surface area contributed by atoms with Crippen molar-refractivity contribution in [3.63, 3.8) is 0 Å². The van der Waals surface area contributed by atoms with Crippen molar-refractivity contribution in [3.8, 4) is 22.9 Å². The highest BCUT2D eigenvalue weighted by atomic mass is 16.4. The first kappa shape index (κ1) is 22.3. The minimum Gasteiger partial charge on any atom is -0.416 e. The molecule has 0 spiro atoms. The molecule has 33 heavy (non-hydrogen) atoms. The van der Waals surface area contributed by atoms with Gasteiger partial charge in [-0.25, -0.2) is 0 Å². The van der Waals surface area contributed by atoms with Crippen LogP contribution in [0.4, 0.5) is 5.69 Å². The lowest BCUT2D eigenvalue weighted by molar-refractivity contribution is 0.0950. The second-order valence-electron chi connectivity index (χ2n) is 8.38. The van der Waals surface area contributed by atoms with Crippen LogP contribution in [0.1, 0.15) is 29.8 Å². The lowest BCUT2D eigenvalue weighted by atomic mass is 10.0. The van der Waals surface area contributed by atoms with Crippen molar-refractivity contribution in [2.75, 3.05) is 11.9 Å². The third kappa shape index (κ3) is 5.47. The number of para-hydroxylation sites is 1. The van der Waals surface area contributed by atoms with Crippen LogP contribution < -0.4 is 10.6 Å². The predicted molar refractivity (Wildman–Crippen MR) is 131 cm³/mol. The number of nitrogens with one attached hydrogen (secondary N) is 2. The Labute approximate surface area is 194 Å². The van der Waals surface area contributed by atoms with Crippen LogP contribution in [0.25, 0.3) is 22.9 Å². The molecule has 0 saturated heterocycles. The molecule has 168 valence electrons. The van der Waals surface area contributed by atoms with E-state index in [9.17, 15) is 4.79 Å². The molecule has 4 rings (SSSR count). The summed E-state index contributed by atoms with van der Waals surface area (Å²) in [7, 11) is 0. The van der Waals surface area contributed by atoms with Gasteiger partial charge in [0.2, 0.25) is 11.8 Å². The molecule has 0 aliphatic heterocycles. The van der Waals surface area contributed by atoms with Gasteiger partial charge in [-0.15, -0.1) is 10.2 Å². The molecule has 1 amide bonds. The maximum Gasteiger partial charge on any atom is 0.251 e. The van der Waals surface area contributed by atoms with Crippen LogP contribution >= 0.6 is 0 Å². The summed E-state index contributed by atoms with van der Waals surface area (Å²) in [6.45, 7) is 6.80. The second-order valence-corrected chi connectivity index (χ2v) is 8.38. The largest absolute Gasteiger partial charge is 0.416 e. The number of rotatable bonds is 8. The summed E-state index contributed by atoms with van der Waals surface area (Å²) in [6, 6.07) is 25.2. The van der Waals surface area contributed by atoms with Crippen molar-refractivity contribution in [1.29, 1.82) is 0 Å². The average molecular weight is 441 g/mol. The summed E-state index contributed by atoms with van der Waals surface area (Å²) < 4.78 is 5.87. The fourth-order valence-corrected chi connectivity index (χ4v) is 3.53. The van der Waals surface area contributed by atoms with E-state index in [1.54, 1.807) is 12.1 Å². The van der Waals surface area contributed by atoms with Gasteiger partial charge in [-0.3, -0.25) is 4.79 Å². The number of carbonyl (C=O) groups is 1. The van der Waals surface area contributed by atoms with Gasteiger partial charge in [0.15, 0.2) is 0 Å². The fourth-order valence-electron chi connectivity index (χ4n) is 3.53. The maximum atomic E-state index is 12.7. The van der Waals surface area contributed by atoms with Crippen LogP contribution in [0.2, 0.25) is 0 Å². The molecule has 1 atom stereocenters. The fraction of sp³-hybridized carbons (Fsp3) is 0.222. The van der Waals surface area contributed by atoms with E-state index in [2.05, 4.69) is 34.7 Å². The molecule has 0 fully saturated rings. The number of aromatic nitrogens is 2. The number of hydrogen-bond donors (Lipinski definition) is 2. The van der Waals surface area contributed by atoms with Crippen molar-refractivity contribution in [3.05, 3.63) is 90.0 Å². The summed E-state index contributed by atoms with van der Waals surface area (Å²) in [5.74, 6) is 1.14. The monoisotopic (exact) mass is 440 g/mol. The second kappa shape index (κ2) is 10.1. The Balaban J connectivity index is 1.40. The Morgan fingerprint density at radius 1 is 0.879 bits per heavy atom. The summed E-state index contributed by atoms with van der Waals surface area (Å²) in [4.78, 5) is 12.7. The van der Waals surface area contributed by atoms with Crippen LogP contribution in [0.3, 0.4) is 0 Å². The Morgan fingerprint density at radius 2 is 1.55 bits per heavy atom. The molecule has 2 N–H and O–H groups in total. The highest BCUT2D eigenvalue weighted by molar-refractivity contribution is 5.94. The van der Waals surface area contributed by atoms with E-state index in [-0.39, 0.29) is 11.9 Å². The molecule has 6 heteroatoms. The molecule has 3 aromatic carbocycles. The number of benzene rings is 3. The van der Waals surface area contributed by atoms with E-state index in [4.69, 9.17) is 4.42 Å². The van der Waals surface area contributed by atoms with Crippen molar-refractivity contribution >= 4 is 11.6 Å². The molecular weight excluding hydrogens is 412 g/mol. The minimum absolute atomic E-state index is 0.117. The molecule has 0 radical (unpaired) electrons. The quantitative estimate of drug-likeness (QED) is 0.374. The Hall–Kier alpha value is -3.93. The summed E-state index contributed by atoms with van der Waals surface area (Å²) in [5.41, 5.74) is 4.38. The van der Waals surface area contributed by atoms with E-state index in [0.29, 0.717) is 29.8 Å². The van der Waals surface area contributed by atoms with Gasteiger partial charge < -0.3 is 15.1 Å². The van der Waals surface area contributed by atoms with Crippen molar-refractivity contribution in [1.82, 2.24) is 15.5 Å². The number of anilines is 1. The Bertz CT molecular complexity index is 1200. The average Bonchev–Trinajstić information content (AvgIpc) is 3.32. The van der Waals surface area contributed by atoms with Crippen LogP contribution in [0.5, 0.6) is 0 Å². The SMILES string of the molecule is Cc1ccccc1-c1nnc(-c2ccc(C(=O)NCC(Nc3ccccc3)C(C)C)cc2)o1. The van der Waals surface area contributed by atoms with E-state index in [0.717, 1.165) is 22.4 Å². The molecule has 0 aliphatic carbocycles. The van der Waals surface area contributed by atoms with E-state index in [1.807, 2.05) is 73.7 Å². The highest BCUT2D eigenvalue weighted by Gasteiger charge is 2.16. The Kier molecular flexibility index (Phi) is 6.83. The molecule has 0 saturated carbocycles. The molecule has 0 bridgehead atoms. The zero-order valence-corrected chi connectivity index (χ0v) is 19.1. The molecule has 1 aromatic heterocycles. The van der Waals surface area contributed by atoms with Crippen LogP contribution in [0, 0.1) is 12.8 Å². The Morgan fingerprint density at radius 3 is 2.24 bits per heavy atom. The molecule has 4 aromatic rings. The first-order valence-electron chi connectivity index (χ1n) is 11.1. The van der Waals surface area contributed by atoms with Gasteiger partial charge in [0, 0.05) is 35.0 Å². The zero-order chi connectivity index (χ0) is 23.2. The van der Waals surface area contributed by atoms with Gasteiger partial charge in [0.1, 0.15) is 0 Å². The number of carbonyl (C=O) groups excluding carboxylic acids is 1. The van der Waals surface area contributed by atoms with Crippen LogP contribution in [-0.4, -0.2) is 28.7 Å². The minimum atomic E-state index is -0.117. The van der Waals surface area contributed by atoms with Gasteiger partial charge >= 0.3 is 0 Å². The van der Waals surface area contributed by atoms with Gasteiger partial charge in [0.05, 0.1) is 0 Å². The van der Waals surface area contributed by atoms with Crippen molar-refractivity contribution < 1.29 is 9.21 Å². The normalized spacial score (nSPS) is 11.9. The van der Waals surface area contributed by atoms with Gasteiger partial charge in [-0.05, 0) is 60.9 Å². The first-order valence-corrected chi connectivity index (χ1v) is 11.1. The maximum absolute atomic E-state index is 12.7. The van der Waals surface area contributed by atoms with Crippen LogP contribution in [-0.2, 0) is 0 Å². The van der Waals surface area contributed by atoms with Crippen molar-refractivity contribution in [2.24, 2.45) is 5.92 Å². The molecule has 6 nitrogen and oxygen atoms in total. The molecular formula is C27H28N4O2. The standard InChI is InChI=1S/C27H28N4O2/c1-18(2)24(29-22-10-5-4-6-11-22)17-28-25(32)20-13-15-21(16-14-20)26-30-31-27(33-26)23-12-8-7-9-19(23)3/h4-16,18,24,29H,17H2,1-3H3,(H,28,32). The lowest BCUT2D eigenvalue weighted by Gasteiger charge is -2.24.